The number of anilines is 1. The van der Waals surface area contributed by atoms with Crippen LogP contribution in [0.2, 0.25) is 0 Å². The molecule has 0 saturated heterocycles. The number of carbonyl (C=O) groups excluding carboxylic acids is 1. The maximum Gasteiger partial charge on any atom is 0.411 e. The van der Waals surface area contributed by atoms with Crippen LogP contribution < -0.4 is 5.32 Å². The van der Waals surface area contributed by atoms with Gasteiger partial charge in [-0.1, -0.05) is 24.6 Å². The van der Waals surface area contributed by atoms with Crippen molar-refractivity contribution in [2.24, 2.45) is 0 Å². The Morgan fingerprint density at radius 1 is 1.39 bits per heavy atom. The normalized spacial score (nSPS) is 11.2. The summed E-state index contributed by atoms with van der Waals surface area (Å²) in [5.74, 6) is 0. The molecule has 3 nitrogen and oxygen atoms in total. The minimum Gasteiger partial charge on any atom is -0.450 e. The van der Waals surface area contributed by atoms with Crippen molar-refractivity contribution >= 4 is 17.4 Å². The molecule has 0 fully saturated rings. The lowest BCUT2D eigenvalue weighted by Gasteiger charge is -2.12. The molecule has 1 aromatic rings. The van der Waals surface area contributed by atoms with Gasteiger partial charge in [-0.25, -0.2) is 4.79 Å². The van der Waals surface area contributed by atoms with Crippen molar-refractivity contribution in [3.05, 3.63) is 35.4 Å². The maximum atomic E-state index is 11.5. The molecule has 0 heterocycles. The number of hydrogen-bond acceptors (Lipinski definition) is 2. The molecule has 0 aliphatic rings. The zero-order chi connectivity index (χ0) is 13.5. The third-order valence-corrected chi connectivity index (χ3v) is 2.62. The minimum absolute atomic E-state index is 0.372. The summed E-state index contributed by atoms with van der Waals surface area (Å²) in [6.45, 7) is 8.35. The summed E-state index contributed by atoms with van der Waals surface area (Å²) in [7, 11) is 0. The fourth-order valence-electron chi connectivity index (χ4n) is 1.79. The number of nitrogens with one attached hydrogen (secondary N) is 1. The van der Waals surface area contributed by atoms with Crippen molar-refractivity contribution in [3.63, 3.8) is 0 Å². The smallest absolute Gasteiger partial charge is 0.411 e. The van der Waals surface area contributed by atoms with Gasteiger partial charge >= 0.3 is 6.09 Å². The summed E-state index contributed by atoms with van der Waals surface area (Å²) in [4.78, 5) is 11.5. The Labute approximate surface area is 109 Å². The molecule has 0 atom stereocenters. The summed E-state index contributed by atoms with van der Waals surface area (Å²) < 4.78 is 4.90. The zero-order valence-electron chi connectivity index (χ0n) is 11.5. The van der Waals surface area contributed by atoms with Gasteiger partial charge in [-0.05, 0) is 44.9 Å². The van der Waals surface area contributed by atoms with Gasteiger partial charge in [0.25, 0.3) is 0 Å². The van der Waals surface area contributed by atoms with E-state index in [0.29, 0.717) is 6.61 Å². The van der Waals surface area contributed by atoms with Crippen LogP contribution in [0.25, 0.3) is 5.57 Å². The fourth-order valence-corrected chi connectivity index (χ4v) is 1.79. The summed E-state index contributed by atoms with van der Waals surface area (Å²) in [6.07, 6.45) is 2.70. The van der Waals surface area contributed by atoms with E-state index in [0.717, 1.165) is 23.2 Å². The monoisotopic (exact) mass is 247 g/mol. The molecular formula is C15H21NO2. The molecule has 98 valence electrons. The molecule has 1 N–H and O–H groups in total. The Balaban J connectivity index is 3.03. The molecule has 0 aliphatic carbocycles. The van der Waals surface area contributed by atoms with E-state index in [2.05, 4.69) is 31.3 Å². The highest BCUT2D eigenvalue weighted by Gasteiger charge is 2.08. The van der Waals surface area contributed by atoms with Crippen molar-refractivity contribution in [2.75, 3.05) is 11.9 Å². The Morgan fingerprint density at radius 3 is 2.72 bits per heavy atom. The second-order valence-electron chi connectivity index (χ2n) is 4.19. The lowest BCUT2D eigenvalue weighted by molar-refractivity contribution is 0.168. The van der Waals surface area contributed by atoms with Crippen LogP contribution in [0.5, 0.6) is 0 Å². The van der Waals surface area contributed by atoms with Gasteiger partial charge in [0.05, 0.1) is 12.3 Å². The third kappa shape index (κ3) is 3.91. The maximum absolute atomic E-state index is 11.5. The summed E-state index contributed by atoms with van der Waals surface area (Å²) in [5, 5.41) is 2.78. The van der Waals surface area contributed by atoms with Crippen LogP contribution in [0.4, 0.5) is 10.5 Å². The van der Waals surface area contributed by atoms with Crippen molar-refractivity contribution in [1.82, 2.24) is 0 Å². The van der Waals surface area contributed by atoms with Crippen LogP contribution in [0.15, 0.2) is 24.3 Å². The number of hydrogen-bond donors (Lipinski definition) is 1. The molecule has 0 unspecified atom stereocenters. The Hall–Kier alpha value is -1.77. The largest absolute Gasteiger partial charge is 0.450 e. The van der Waals surface area contributed by atoms with E-state index in [1.165, 1.54) is 5.56 Å². The molecule has 18 heavy (non-hydrogen) atoms. The van der Waals surface area contributed by atoms with E-state index >= 15 is 0 Å². The Morgan fingerprint density at radius 2 is 2.11 bits per heavy atom. The highest BCUT2D eigenvalue weighted by Crippen LogP contribution is 2.25. The summed E-state index contributed by atoms with van der Waals surface area (Å²) >= 11 is 0. The van der Waals surface area contributed by atoms with Crippen LogP contribution in [0, 0.1) is 6.92 Å². The molecule has 0 aliphatic heterocycles. The number of carbonyl (C=O) groups is 1. The van der Waals surface area contributed by atoms with E-state index in [-0.39, 0.29) is 0 Å². The van der Waals surface area contributed by atoms with Crippen molar-refractivity contribution < 1.29 is 9.53 Å². The van der Waals surface area contributed by atoms with E-state index in [4.69, 9.17) is 4.74 Å². The molecular weight excluding hydrogens is 226 g/mol. The van der Waals surface area contributed by atoms with Crippen LogP contribution in [0.3, 0.4) is 0 Å². The number of benzene rings is 1. The molecule has 0 radical (unpaired) electrons. The molecule has 1 aromatic carbocycles. The molecule has 0 spiro atoms. The molecule has 0 bridgehead atoms. The van der Waals surface area contributed by atoms with Gasteiger partial charge in [0.2, 0.25) is 0 Å². The van der Waals surface area contributed by atoms with Gasteiger partial charge in [-0.2, -0.15) is 0 Å². The first-order valence-corrected chi connectivity index (χ1v) is 6.30. The second kappa shape index (κ2) is 6.84. The number of allylic oxidation sites excluding steroid dienone is 2. The molecule has 1 amide bonds. The van der Waals surface area contributed by atoms with Gasteiger partial charge in [-0.15, -0.1) is 0 Å². The number of ether oxygens (including phenoxy) is 1. The molecule has 0 saturated carbocycles. The summed E-state index contributed by atoms with van der Waals surface area (Å²) in [6, 6.07) is 5.96. The van der Waals surface area contributed by atoms with Crippen LogP contribution >= 0.6 is 0 Å². The Bertz CT molecular complexity index is 450. The predicted molar refractivity (Wildman–Crippen MR) is 75.8 cm³/mol. The SMILES string of the molecule is CC/C=C(/C)c1cc(C)ccc1NC(=O)OCC. The zero-order valence-corrected chi connectivity index (χ0v) is 11.5. The number of rotatable bonds is 4. The van der Waals surface area contributed by atoms with Gasteiger partial charge in [0.15, 0.2) is 0 Å². The molecule has 1 rings (SSSR count). The first kappa shape index (κ1) is 14.3. The van der Waals surface area contributed by atoms with Crippen molar-refractivity contribution in [1.29, 1.82) is 0 Å². The predicted octanol–water partition coefficient (Wildman–Crippen LogP) is 4.38. The lowest BCUT2D eigenvalue weighted by Crippen LogP contribution is -2.14. The third-order valence-electron chi connectivity index (χ3n) is 2.62. The van der Waals surface area contributed by atoms with Crippen LogP contribution in [-0.2, 0) is 4.74 Å². The van der Waals surface area contributed by atoms with E-state index in [9.17, 15) is 4.79 Å². The Kier molecular flexibility index (Phi) is 5.43. The van der Waals surface area contributed by atoms with E-state index in [1.807, 2.05) is 19.1 Å². The lowest BCUT2D eigenvalue weighted by atomic mass is 10.0. The van der Waals surface area contributed by atoms with E-state index in [1.54, 1.807) is 6.92 Å². The average molecular weight is 247 g/mol. The molecule has 3 heteroatoms. The topological polar surface area (TPSA) is 38.3 Å². The fraction of sp³-hybridized carbons (Fsp3) is 0.400. The van der Waals surface area contributed by atoms with Crippen molar-refractivity contribution in [2.45, 2.75) is 34.1 Å². The minimum atomic E-state index is -0.410. The van der Waals surface area contributed by atoms with Crippen LogP contribution in [-0.4, -0.2) is 12.7 Å². The van der Waals surface area contributed by atoms with Crippen molar-refractivity contribution in [3.8, 4) is 0 Å². The number of amides is 1. The first-order chi connectivity index (χ1) is 8.58. The van der Waals surface area contributed by atoms with E-state index < -0.39 is 6.09 Å². The molecule has 0 aromatic heterocycles. The van der Waals surface area contributed by atoms with Gasteiger partial charge in [-0.3, -0.25) is 5.32 Å². The highest BCUT2D eigenvalue weighted by atomic mass is 16.5. The number of aryl methyl sites for hydroxylation is 1. The van der Waals surface area contributed by atoms with Gasteiger partial charge in [0.1, 0.15) is 0 Å². The average Bonchev–Trinajstić information content (AvgIpc) is 2.32. The van der Waals surface area contributed by atoms with Gasteiger partial charge in [0, 0.05) is 5.56 Å². The second-order valence-corrected chi connectivity index (χ2v) is 4.19. The van der Waals surface area contributed by atoms with Crippen LogP contribution in [0.1, 0.15) is 38.3 Å². The highest BCUT2D eigenvalue weighted by molar-refractivity contribution is 5.89. The first-order valence-electron chi connectivity index (χ1n) is 6.30. The standard InChI is InChI=1S/C15H21NO2/c1-5-7-12(4)13-10-11(3)8-9-14(13)16-15(17)18-6-2/h7-10H,5-6H2,1-4H3,(H,16,17)/b12-7-. The summed E-state index contributed by atoms with van der Waals surface area (Å²) in [5.41, 5.74) is 4.17. The quantitative estimate of drug-likeness (QED) is 0.857. The van der Waals surface area contributed by atoms with Gasteiger partial charge < -0.3 is 4.74 Å².